The summed E-state index contributed by atoms with van der Waals surface area (Å²) in [5, 5.41) is 3.44. The zero-order valence-electron chi connectivity index (χ0n) is 17.4. The van der Waals surface area contributed by atoms with Crippen LogP contribution in [0.15, 0.2) is 24.3 Å². The topological polar surface area (TPSA) is 53.6 Å². The van der Waals surface area contributed by atoms with Crippen LogP contribution in [-0.2, 0) is 9.53 Å². The van der Waals surface area contributed by atoms with E-state index in [1.54, 1.807) is 0 Å². The molecule has 1 heterocycles. The van der Waals surface area contributed by atoms with E-state index in [-0.39, 0.29) is 22.9 Å². The molecule has 0 aliphatic carbocycles. The van der Waals surface area contributed by atoms with Crippen LogP contribution in [0.5, 0.6) is 0 Å². The van der Waals surface area contributed by atoms with Gasteiger partial charge in [-0.05, 0) is 83.7 Å². The number of hydrogen-bond donors (Lipinski definition) is 2. The minimum atomic E-state index is 0.0562. The monoisotopic (exact) mass is 393 g/mol. The van der Waals surface area contributed by atoms with Crippen molar-refractivity contribution in [2.75, 3.05) is 29.9 Å². The summed E-state index contributed by atoms with van der Waals surface area (Å²) in [6, 6.07) is 8.61. The van der Waals surface area contributed by atoms with Crippen molar-refractivity contribution in [3.63, 3.8) is 0 Å². The SMILES string of the molecule is C[C@@H]1CN(c2ccc(NCCCCC(=O)NSC(C)(C)C)cc2)C[C@H](C)O1. The fraction of sp³-hybridized carbons (Fsp3) is 0.667. The highest BCUT2D eigenvalue weighted by molar-refractivity contribution is 7.99. The van der Waals surface area contributed by atoms with E-state index in [2.05, 4.69) is 73.8 Å². The van der Waals surface area contributed by atoms with Crippen molar-refractivity contribution in [1.82, 2.24) is 4.72 Å². The first-order valence-electron chi connectivity index (χ1n) is 9.94. The van der Waals surface area contributed by atoms with Crippen LogP contribution in [-0.4, -0.2) is 42.5 Å². The molecule has 6 heteroatoms. The Morgan fingerprint density at radius 3 is 2.37 bits per heavy atom. The predicted octanol–water partition coefficient (Wildman–Crippen LogP) is 4.45. The Morgan fingerprint density at radius 2 is 1.78 bits per heavy atom. The standard InChI is InChI=1S/C21H35N3O2S/c1-16-14-24(15-17(2)26-16)19-11-9-18(10-12-19)22-13-7-6-8-20(25)23-27-21(3,4)5/h9-12,16-17,22H,6-8,13-15H2,1-5H3,(H,23,25)/t16-,17+. The van der Waals surface area contributed by atoms with Crippen molar-refractivity contribution in [2.45, 2.75) is 70.8 Å². The maximum atomic E-state index is 11.8. The number of ether oxygens (including phenoxy) is 1. The molecule has 0 spiro atoms. The molecule has 0 bridgehead atoms. The lowest BCUT2D eigenvalue weighted by Crippen LogP contribution is -2.45. The van der Waals surface area contributed by atoms with E-state index in [1.165, 1.54) is 17.6 Å². The first-order chi connectivity index (χ1) is 12.7. The number of amides is 1. The molecule has 152 valence electrons. The summed E-state index contributed by atoms with van der Waals surface area (Å²) < 4.78 is 8.78. The molecule has 1 aromatic carbocycles. The molecule has 0 unspecified atom stereocenters. The summed E-state index contributed by atoms with van der Waals surface area (Å²) in [6.45, 7) is 13.3. The summed E-state index contributed by atoms with van der Waals surface area (Å²) >= 11 is 1.49. The maximum Gasteiger partial charge on any atom is 0.229 e. The van der Waals surface area contributed by atoms with Gasteiger partial charge in [0.05, 0.1) is 12.2 Å². The van der Waals surface area contributed by atoms with E-state index < -0.39 is 0 Å². The molecule has 5 nitrogen and oxygen atoms in total. The zero-order chi connectivity index (χ0) is 19.9. The van der Waals surface area contributed by atoms with Crippen molar-refractivity contribution < 1.29 is 9.53 Å². The minimum Gasteiger partial charge on any atom is -0.385 e. The van der Waals surface area contributed by atoms with Gasteiger partial charge < -0.3 is 15.0 Å². The third-order valence-electron chi connectivity index (χ3n) is 4.28. The second kappa shape index (κ2) is 10.2. The van der Waals surface area contributed by atoms with E-state index in [1.807, 2.05) is 0 Å². The summed E-state index contributed by atoms with van der Waals surface area (Å²) in [7, 11) is 0. The molecule has 2 rings (SSSR count). The molecule has 0 saturated carbocycles. The molecular formula is C21H35N3O2S. The second-order valence-electron chi connectivity index (χ2n) is 8.33. The average molecular weight is 394 g/mol. The zero-order valence-corrected chi connectivity index (χ0v) is 18.2. The number of nitrogens with one attached hydrogen (secondary N) is 2. The molecule has 27 heavy (non-hydrogen) atoms. The normalized spacial score (nSPS) is 20.4. The van der Waals surface area contributed by atoms with Crippen LogP contribution in [0.3, 0.4) is 0 Å². The third kappa shape index (κ3) is 8.43. The van der Waals surface area contributed by atoms with E-state index >= 15 is 0 Å². The summed E-state index contributed by atoms with van der Waals surface area (Å²) in [5.74, 6) is 0.119. The summed E-state index contributed by atoms with van der Waals surface area (Å²) in [5.41, 5.74) is 2.37. The van der Waals surface area contributed by atoms with E-state index in [9.17, 15) is 4.79 Å². The Bertz CT molecular complexity index is 576. The molecule has 1 fully saturated rings. The summed E-state index contributed by atoms with van der Waals surface area (Å²) in [6.07, 6.45) is 2.99. The first kappa shape index (κ1) is 21.9. The smallest absolute Gasteiger partial charge is 0.229 e. The van der Waals surface area contributed by atoms with Gasteiger partial charge in [-0.3, -0.25) is 9.52 Å². The van der Waals surface area contributed by atoms with Gasteiger partial charge in [-0.1, -0.05) is 0 Å². The Hall–Kier alpha value is -1.40. The van der Waals surface area contributed by atoms with Crippen molar-refractivity contribution in [3.8, 4) is 0 Å². The van der Waals surface area contributed by atoms with Crippen LogP contribution in [0.25, 0.3) is 0 Å². The Balaban J connectivity index is 1.65. The van der Waals surface area contributed by atoms with Crippen LogP contribution in [0.4, 0.5) is 11.4 Å². The lowest BCUT2D eigenvalue weighted by molar-refractivity contribution is -0.119. The summed E-state index contributed by atoms with van der Waals surface area (Å²) in [4.78, 5) is 14.2. The molecule has 0 aromatic heterocycles. The van der Waals surface area contributed by atoms with Gasteiger partial charge in [0.1, 0.15) is 0 Å². The fourth-order valence-corrected chi connectivity index (χ4v) is 3.61. The number of nitrogens with zero attached hydrogens (tertiary/aromatic N) is 1. The molecular weight excluding hydrogens is 358 g/mol. The van der Waals surface area contributed by atoms with Crippen LogP contribution >= 0.6 is 11.9 Å². The largest absolute Gasteiger partial charge is 0.385 e. The van der Waals surface area contributed by atoms with Crippen molar-refractivity contribution in [1.29, 1.82) is 0 Å². The highest BCUT2D eigenvalue weighted by Crippen LogP contribution is 2.22. The molecule has 1 aliphatic heterocycles. The quantitative estimate of drug-likeness (QED) is 0.505. The molecule has 2 N–H and O–H groups in total. The first-order valence-corrected chi connectivity index (χ1v) is 10.8. The van der Waals surface area contributed by atoms with Crippen LogP contribution in [0, 0.1) is 0 Å². The minimum absolute atomic E-state index is 0.0562. The highest BCUT2D eigenvalue weighted by Gasteiger charge is 2.22. The Morgan fingerprint density at radius 1 is 1.15 bits per heavy atom. The molecule has 0 radical (unpaired) electrons. The van der Waals surface area contributed by atoms with Gasteiger partial charge >= 0.3 is 0 Å². The predicted molar refractivity (Wildman–Crippen MR) is 116 cm³/mol. The van der Waals surface area contributed by atoms with Gasteiger partial charge in [-0.2, -0.15) is 0 Å². The third-order valence-corrected chi connectivity index (χ3v) is 5.22. The number of anilines is 2. The number of carbonyl (C=O) groups is 1. The van der Waals surface area contributed by atoms with Gasteiger partial charge in [0.25, 0.3) is 0 Å². The molecule has 1 saturated heterocycles. The average Bonchev–Trinajstić information content (AvgIpc) is 2.59. The Labute approximate surface area is 168 Å². The van der Waals surface area contributed by atoms with Gasteiger partial charge in [-0.15, -0.1) is 0 Å². The van der Waals surface area contributed by atoms with Crippen LogP contribution in [0.2, 0.25) is 0 Å². The molecule has 1 amide bonds. The van der Waals surface area contributed by atoms with Gasteiger partial charge in [0.15, 0.2) is 0 Å². The van der Waals surface area contributed by atoms with Crippen molar-refractivity contribution >= 4 is 29.2 Å². The van der Waals surface area contributed by atoms with E-state index in [4.69, 9.17) is 4.74 Å². The van der Waals surface area contributed by atoms with Gasteiger partial charge in [-0.25, -0.2) is 0 Å². The maximum absolute atomic E-state index is 11.8. The Kier molecular flexibility index (Phi) is 8.29. The number of unbranched alkanes of at least 4 members (excludes halogenated alkanes) is 1. The molecule has 2 atom stereocenters. The fourth-order valence-electron chi connectivity index (χ4n) is 3.08. The molecule has 1 aromatic rings. The second-order valence-corrected chi connectivity index (χ2v) is 9.97. The lowest BCUT2D eigenvalue weighted by atomic mass is 10.2. The highest BCUT2D eigenvalue weighted by atomic mass is 32.2. The number of morpholine rings is 1. The number of carbonyl (C=O) groups excluding carboxylic acids is 1. The van der Waals surface area contributed by atoms with Gasteiger partial charge in [0.2, 0.25) is 5.91 Å². The van der Waals surface area contributed by atoms with Crippen LogP contribution < -0.4 is 14.9 Å². The van der Waals surface area contributed by atoms with Crippen molar-refractivity contribution in [3.05, 3.63) is 24.3 Å². The number of benzene rings is 1. The van der Waals surface area contributed by atoms with Gasteiger partial charge in [0, 0.05) is 42.2 Å². The lowest BCUT2D eigenvalue weighted by Gasteiger charge is -2.36. The molecule has 1 aliphatic rings. The van der Waals surface area contributed by atoms with Crippen molar-refractivity contribution in [2.24, 2.45) is 0 Å². The van der Waals surface area contributed by atoms with E-state index in [0.717, 1.165) is 38.2 Å². The van der Waals surface area contributed by atoms with Crippen LogP contribution in [0.1, 0.15) is 53.9 Å². The van der Waals surface area contributed by atoms with E-state index in [0.29, 0.717) is 6.42 Å². The number of hydrogen-bond acceptors (Lipinski definition) is 5. The number of rotatable bonds is 8.